The number of rotatable bonds is 5. The fraction of sp³-hybridized carbons (Fsp3) is 0.438. The summed E-state index contributed by atoms with van der Waals surface area (Å²) in [6.07, 6.45) is 5.38. The lowest BCUT2D eigenvalue weighted by Crippen LogP contribution is -2.03. The first-order valence-corrected chi connectivity index (χ1v) is 6.67. The minimum Gasteiger partial charge on any atom is -0.481 e. The normalized spacial score (nSPS) is 14.5. The highest BCUT2D eigenvalue weighted by Crippen LogP contribution is 2.33. The van der Waals surface area contributed by atoms with Crippen molar-refractivity contribution in [1.29, 1.82) is 0 Å². The molecule has 1 aliphatic carbocycles. The van der Waals surface area contributed by atoms with Crippen LogP contribution in [0.2, 0.25) is 0 Å². The minimum absolute atomic E-state index is 0.295. The molecule has 0 atom stereocenters. The molecule has 2 heteroatoms. The van der Waals surface area contributed by atoms with Crippen LogP contribution in [0.25, 0.3) is 5.57 Å². The van der Waals surface area contributed by atoms with Gasteiger partial charge in [0.05, 0.1) is 0 Å². The lowest BCUT2D eigenvalue weighted by atomic mass is 9.84. The first-order chi connectivity index (χ1) is 8.68. The second kappa shape index (κ2) is 5.85. The van der Waals surface area contributed by atoms with Crippen molar-refractivity contribution < 1.29 is 9.90 Å². The van der Waals surface area contributed by atoms with Crippen molar-refractivity contribution in [2.75, 3.05) is 0 Å². The number of hydrogen-bond donors (Lipinski definition) is 1. The molecule has 0 unspecified atom stereocenters. The van der Waals surface area contributed by atoms with E-state index in [9.17, 15) is 4.79 Å². The summed E-state index contributed by atoms with van der Waals surface area (Å²) in [7, 11) is 0. The fourth-order valence-electron chi connectivity index (χ4n) is 2.69. The maximum atomic E-state index is 10.5. The van der Waals surface area contributed by atoms with Crippen molar-refractivity contribution in [3.8, 4) is 0 Å². The number of aryl methyl sites for hydroxylation is 1. The summed E-state index contributed by atoms with van der Waals surface area (Å²) in [5.74, 6) is -0.685. The van der Waals surface area contributed by atoms with Gasteiger partial charge in [-0.25, -0.2) is 0 Å². The molecule has 0 saturated heterocycles. The Hall–Kier alpha value is -1.57. The molecule has 0 heterocycles. The third-order valence-electron chi connectivity index (χ3n) is 3.77. The van der Waals surface area contributed by atoms with Crippen LogP contribution in [0.3, 0.4) is 0 Å². The Morgan fingerprint density at radius 3 is 2.78 bits per heavy atom. The van der Waals surface area contributed by atoms with Gasteiger partial charge in [0.1, 0.15) is 0 Å². The zero-order valence-electron chi connectivity index (χ0n) is 10.9. The fourth-order valence-corrected chi connectivity index (χ4v) is 2.69. The maximum absolute atomic E-state index is 10.5. The van der Waals surface area contributed by atoms with Crippen LogP contribution in [0, 0.1) is 0 Å². The average molecular weight is 244 g/mol. The molecule has 0 aliphatic heterocycles. The molecule has 2 rings (SSSR count). The standard InChI is InChI=1S/C16H20O2/c1-12-13(6-3-5-9-16(17)18)10-11-14-7-2-4-8-15(12)14/h2,4,7-8H,3,5-6,9-11H2,1H3,(H,17,18). The highest BCUT2D eigenvalue weighted by molar-refractivity contribution is 5.71. The Balaban J connectivity index is 1.99. The molecule has 0 bridgehead atoms. The van der Waals surface area contributed by atoms with E-state index in [1.54, 1.807) is 0 Å². The molecule has 0 fully saturated rings. The molecule has 0 saturated carbocycles. The Bertz CT molecular complexity index is 472. The molecular weight excluding hydrogens is 224 g/mol. The van der Waals surface area contributed by atoms with Crippen molar-refractivity contribution in [2.24, 2.45) is 0 Å². The predicted octanol–water partition coefficient (Wildman–Crippen LogP) is 4.05. The summed E-state index contributed by atoms with van der Waals surface area (Å²) in [5.41, 5.74) is 5.76. The summed E-state index contributed by atoms with van der Waals surface area (Å²) in [6.45, 7) is 2.20. The number of allylic oxidation sites excluding steroid dienone is 2. The van der Waals surface area contributed by atoms with Crippen LogP contribution in [0.15, 0.2) is 29.8 Å². The van der Waals surface area contributed by atoms with Gasteiger partial charge < -0.3 is 5.11 Å². The van der Waals surface area contributed by atoms with Crippen LogP contribution in [-0.4, -0.2) is 11.1 Å². The van der Waals surface area contributed by atoms with Crippen LogP contribution >= 0.6 is 0 Å². The number of benzene rings is 1. The van der Waals surface area contributed by atoms with E-state index in [0.717, 1.165) is 32.1 Å². The van der Waals surface area contributed by atoms with E-state index in [1.165, 1.54) is 22.3 Å². The molecule has 1 N–H and O–H groups in total. The number of carboxylic acid groups (broad SMARTS) is 1. The van der Waals surface area contributed by atoms with Crippen molar-refractivity contribution >= 4 is 11.5 Å². The molecule has 1 aliphatic rings. The van der Waals surface area contributed by atoms with Gasteiger partial charge in [0.2, 0.25) is 0 Å². The van der Waals surface area contributed by atoms with Gasteiger partial charge in [-0.3, -0.25) is 4.79 Å². The summed E-state index contributed by atoms with van der Waals surface area (Å²) in [6, 6.07) is 8.60. The van der Waals surface area contributed by atoms with Crippen LogP contribution in [0.5, 0.6) is 0 Å². The minimum atomic E-state index is -0.685. The average Bonchev–Trinajstić information content (AvgIpc) is 2.37. The van der Waals surface area contributed by atoms with E-state index in [4.69, 9.17) is 5.11 Å². The van der Waals surface area contributed by atoms with E-state index < -0.39 is 5.97 Å². The second-order valence-electron chi connectivity index (χ2n) is 4.99. The van der Waals surface area contributed by atoms with Crippen molar-refractivity contribution in [3.63, 3.8) is 0 Å². The maximum Gasteiger partial charge on any atom is 0.303 e. The van der Waals surface area contributed by atoms with Gasteiger partial charge in [0.25, 0.3) is 0 Å². The molecule has 0 amide bonds. The topological polar surface area (TPSA) is 37.3 Å². The summed E-state index contributed by atoms with van der Waals surface area (Å²) in [5, 5.41) is 8.62. The molecule has 1 aromatic rings. The van der Waals surface area contributed by atoms with Crippen LogP contribution < -0.4 is 0 Å². The predicted molar refractivity (Wildman–Crippen MR) is 73.5 cm³/mol. The van der Waals surface area contributed by atoms with Crippen molar-refractivity contribution in [1.82, 2.24) is 0 Å². The highest BCUT2D eigenvalue weighted by Gasteiger charge is 2.14. The van der Waals surface area contributed by atoms with Gasteiger partial charge in [0, 0.05) is 6.42 Å². The number of aliphatic carboxylic acids is 1. The van der Waals surface area contributed by atoms with Crippen LogP contribution in [0.1, 0.15) is 50.2 Å². The molecule has 1 aromatic carbocycles. The number of hydrogen-bond acceptors (Lipinski definition) is 1. The van der Waals surface area contributed by atoms with E-state index in [0.29, 0.717) is 6.42 Å². The molecule has 96 valence electrons. The summed E-state index contributed by atoms with van der Waals surface area (Å²) < 4.78 is 0. The van der Waals surface area contributed by atoms with Crippen LogP contribution in [0.4, 0.5) is 0 Å². The Morgan fingerprint density at radius 1 is 1.22 bits per heavy atom. The monoisotopic (exact) mass is 244 g/mol. The molecular formula is C16H20O2. The SMILES string of the molecule is CC1=C(CCCCC(=O)O)CCc2ccccc21. The van der Waals surface area contributed by atoms with Gasteiger partial charge >= 0.3 is 5.97 Å². The summed E-state index contributed by atoms with van der Waals surface area (Å²) >= 11 is 0. The smallest absolute Gasteiger partial charge is 0.303 e. The quantitative estimate of drug-likeness (QED) is 0.793. The Morgan fingerprint density at radius 2 is 2.00 bits per heavy atom. The molecule has 2 nitrogen and oxygen atoms in total. The third kappa shape index (κ3) is 3.00. The number of carbonyl (C=O) groups is 1. The molecule has 18 heavy (non-hydrogen) atoms. The Labute approximate surface area is 108 Å². The Kier molecular flexibility index (Phi) is 4.19. The molecule has 0 radical (unpaired) electrons. The van der Waals surface area contributed by atoms with Gasteiger partial charge in [-0.2, -0.15) is 0 Å². The lowest BCUT2D eigenvalue weighted by Gasteiger charge is -2.21. The third-order valence-corrected chi connectivity index (χ3v) is 3.77. The number of carboxylic acids is 1. The van der Waals surface area contributed by atoms with Gasteiger partial charge in [-0.1, -0.05) is 29.8 Å². The highest BCUT2D eigenvalue weighted by atomic mass is 16.4. The first kappa shape index (κ1) is 12.9. The molecule has 0 spiro atoms. The van der Waals surface area contributed by atoms with E-state index >= 15 is 0 Å². The van der Waals surface area contributed by atoms with Gasteiger partial charge in [0.15, 0.2) is 0 Å². The molecule has 0 aromatic heterocycles. The van der Waals surface area contributed by atoms with Crippen molar-refractivity contribution in [2.45, 2.75) is 45.4 Å². The van der Waals surface area contributed by atoms with E-state index in [-0.39, 0.29) is 0 Å². The number of fused-ring (bicyclic) bond motifs is 1. The first-order valence-electron chi connectivity index (χ1n) is 6.67. The van der Waals surface area contributed by atoms with Gasteiger partial charge in [-0.05, 0) is 55.7 Å². The number of unbranched alkanes of at least 4 members (excludes halogenated alkanes) is 1. The summed E-state index contributed by atoms with van der Waals surface area (Å²) in [4.78, 5) is 10.5. The van der Waals surface area contributed by atoms with Gasteiger partial charge in [-0.15, -0.1) is 0 Å². The lowest BCUT2D eigenvalue weighted by molar-refractivity contribution is -0.137. The zero-order valence-corrected chi connectivity index (χ0v) is 10.9. The van der Waals surface area contributed by atoms with E-state index in [2.05, 4.69) is 31.2 Å². The zero-order chi connectivity index (χ0) is 13.0. The second-order valence-corrected chi connectivity index (χ2v) is 4.99. The largest absolute Gasteiger partial charge is 0.481 e. The van der Waals surface area contributed by atoms with E-state index in [1.807, 2.05) is 0 Å². The van der Waals surface area contributed by atoms with Crippen LogP contribution in [-0.2, 0) is 11.2 Å². The van der Waals surface area contributed by atoms with Crippen molar-refractivity contribution in [3.05, 3.63) is 41.0 Å².